The van der Waals surface area contributed by atoms with E-state index in [-0.39, 0.29) is 18.0 Å². The Morgan fingerprint density at radius 2 is 2.00 bits per heavy atom. The first kappa shape index (κ1) is 17.1. The molecule has 1 aliphatic rings. The zero-order chi connectivity index (χ0) is 16.8. The first-order chi connectivity index (χ1) is 11.0. The van der Waals surface area contributed by atoms with Crippen molar-refractivity contribution in [3.05, 3.63) is 23.8 Å². The predicted molar refractivity (Wildman–Crippen MR) is 90.0 cm³/mol. The summed E-state index contributed by atoms with van der Waals surface area (Å²) in [6, 6.07) is 4.90. The van der Waals surface area contributed by atoms with Gasteiger partial charge in [0.15, 0.2) is 0 Å². The number of amides is 3. The number of benzene rings is 1. The minimum atomic E-state index is -0.302. The molecule has 126 valence electrons. The Morgan fingerprint density at radius 1 is 1.30 bits per heavy atom. The molecule has 23 heavy (non-hydrogen) atoms. The lowest BCUT2D eigenvalue weighted by molar-refractivity contribution is 0.0793. The van der Waals surface area contributed by atoms with Gasteiger partial charge in [-0.05, 0) is 44.4 Å². The number of nitrogens with one attached hydrogen (secondary N) is 2. The number of ether oxygens (including phenoxy) is 1. The molecule has 1 aromatic carbocycles. The highest BCUT2D eigenvalue weighted by Crippen LogP contribution is 2.26. The smallest absolute Gasteiger partial charge is 0.319 e. The Labute approximate surface area is 137 Å². The molecule has 0 saturated carbocycles. The van der Waals surface area contributed by atoms with Crippen LogP contribution in [0.2, 0.25) is 0 Å². The monoisotopic (exact) mass is 319 g/mol. The number of anilines is 1. The van der Waals surface area contributed by atoms with Crippen LogP contribution in [0.4, 0.5) is 10.5 Å². The van der Waals surface area contributed by atoms with Gasteiger partial charge in [-0.2, -0.15) is 0 Å². The van der Waals surface area contributed by atoms with E-state index < -0.39 is 0 Å². The number of likely N-dealkylation sites (tertiary alicyclic amines) is 1. The number of rotatable bonds is 5. The molecule has 2 rings (SSSR count). The zero-order valence-corrected chi connectivity index (χ0v) is 14.0. The van der Waals surface area contributed by atoms with E-state index in [4.69, 9.17) is 4.74 Å². The van der Waals surface area contributed by atoms with Gasteiger partial charge in [0.1, 0.15) is 5.75 Å². The van der Waals surface area contributed by atoms with E-state index in [1.807, 2.05) is 18.7 Å². The molecule has 0 radical (unpaired) electrons. The highest BCUT2D eigenvalue weighted by Gasteiger charge is 2.21. The van der Waals surface area contributed by atoms with Crippen LogP contribution in [0.5, 0.6) is 5.75 Å². The average molecular weight is 319 g/mol. The second-order valence-corrected chi connectivity index (χ2v) is 5.82. The number of methoxy groups -OCH3 is 1. The fourth-order valence-corrected chi connectivity index (χ4v) is 2.53. The van der Waals surface area contributed by atoms with Crippen molar-refractivity contribution in [3.8, 4) is 5.75 Å². The molecule has 0 aliphatic carbocycles. The molecule has 0 unspecified atom stereocenters. The fraction of sp³-hybridized carbons (Fsp3) is 0.529. The lowest BCUT2D eigenvalue weighted by Gasteiger charge is -2.18. The number of carbonyl (C=O) groups is 2. The molecule has 6 heteroatoms. The lowest BCUT2D eigenvalue weighted by Crippen LogP contribution is -2.35. The van der Waals surface area contributed by atoms with Crippen LogP contribution >= 0.6 is 0 Å². The van der Waals surface area contributed by atoms with Crippen molar-refractivity contribution in [2.75, 3.05) is 25.5 Å². The van der Waals surface area contributed by atoms with E-state index in [1.165, 1.54) is 7.11 Å². The highest BCUT2D eigenvalue weighted by atomic mass is 16.5. The summed E-state index contributed by atoms with van der Waals surface area (Å²) in [5.41, 5.74) is 1.06. The van der Waals surface area contributed by atoms with Gasteiger partial charge in [0.25, 0.3) is 5.91 Å². The maximum absolute atomic E-state index is 12.5. The van der Waals surface area contributed by atoms with Gasteiger partial charge in [0.05, 0.1) is 12.8 Å². The highest BCUT2D eigenvalue weighted by molar-refractivity contribution is 5.98. The van der Waals surface area contributed by atoms with Crippen LogP contribution < -0.4 is 15.4 Å². The van der Waals surface area contributed by atoms with E-state index >= 15 is 0 Å². The van der Waals surface area contributed by atoms with E-state index in [9.17, 15) is 9.59 Å². The molecule has 1 saturated heterocycles. The van der Waals surface area contributed by atoms with E-state index in [0.29, 0.717) is 17.0 Å². The lowest BCUT2D eigenvalue weighted by atomic mass is 10.1. The summed E-state index contributed by atoms with van der Waals surface area (Å²) in [6.45, 7) is 5.52. The first-order valence-corrected chi connectivity index (χ1v) is 8.10. The molecule has 3 amide bonds. The third-order valence-electron chi connectivity index (χ3n) is 4.08. The Hall–Kier alpha value is -2.24. The van der Waals surface area contributed by atoms with E-state index in [2.05, 4.69) is 10.6 Å². The number of hydrogen-bond acceptors (Lipinski definition) is 3. The topological polar surface area (TPSA) is 70.7 Å². The largest absolute Gasteiger partial charge is 0.495 e. The molecule has 1 fully saturated rings. The SMILES string of the molecule is CC[C@@H](C)NC(=O)Nc1cc(C(=O)N2CCCC2)ccc1OC. The average Bonchev–Trinajstić information content (AvgIpc) is 3.08. The van der Waals surface area contributed by atoms with Crippen molar-refractivity contribution in [2.45, 2.75) is 39.2 Å². The minimum Gasteiger partial charge on any atom is -0.495 e. The second kappa shape index (κ2) is 7.85. The summed E-state index contributed by atoms with van der Waals surface area (Å²) in [5, 5.41) is 5.60. The van der Waals surface area contributed by atoms with Crippen LogP contribution in [0, 0.1) is 0 Å². The van der Waals surface area contributed by atoms with Crippen molar-refractivity contribution in [3.63, 3.8) is 0 Å². The van der Waals surface area contributed by atoms with Gasteiger partial charge in [-0.3, -0.25) is 4.79 Å². The Balaban J connectivity index is 2.15. The van der Waals surface area contributed by atoms with Crippen molar-refractivity contribution in [1.82, 2.24) is 10.2 Å². The van der Waals surface area contributed by atoms with Crippen molar-refractivity contribution in [1.29, 1.82) is 0 Å². The normalized spacial score (nSPS) is 15.2. The Bertz CT molecular complexity index is 568. The number of carbonyl (C=O) groups excluding carboxylic acids is 2. The van der Waals surface area contributed by atoms with Gasteiger partial charge < -0.3 is 20.3 Å². The summed E-state index contributed by atoms with van der Waals surface area (Å²) in [6.07, 6.45) is 2.94. The Morgan fingerprint density at radius 3 is 2.61 bits per heavy atom. The predicted octanol–water partition coefficient (Wildman–Crippen LogP) is 2.85. The molecule has 0 spiro atoms. The van der Waals surface area contributed by atoms with Gasteiger partial charge in [-0.25, -0.2) is 4.79 Å². The molecular formula is C17H25N3O3. The summed E-state index contributed by atoms with van der Waals surface area (Å²) >= 11 is 0. The van der Waals surface area contributed by atoms with Gasteiger partial charge in [0.2, 0.25) is 0 Å². The quantitative estimate of drug-likeness (QED) is 0.876. The second-order valence-electron chi connectivity index (χ2n) is 5.82. The maximum Gasteiger partial charge on any atom is 0.319 e. The minimum absolute atomic E-state index is 0.00413. The van der Waals surface area contributed by atoms with Crippen molar-refractivity contribution >= 4 is 17.6 Å². The summed E-state index contributed by atoms with van der Waals surface area (Å²) in [7, 11) is 1.54. The first-order valence-electron chi connectivity index (χ1n) is 8.10. The van der Waals surface area contributed by atoms with Crippen molar-refractivity contribution < 1.29 is 14.3 Å². The number of nitrogens with zero attached hydrogens (tertiary/aromatic N) is 1. The van der Waals surface area contributed by atoms with Crippen LogP contribution in [0.1, 0.15) is 43.5 Å². The summed E-state index contributed by atoms with van der Waals surface area (Å²) in [5.74, 6) is 0.526. The standard InChI is InChI=1S/C17H25N3O3/c1-4-12(2)18-17(22)19-14-11-13(7-8-15(14)23-3)16(21)20-9-5-6-10-20/h7-8,11-12H,4-6,9-10H2,1-3H3,(H2,18,19,22)/t12-/m1/s1. The summed E-state index contributed by atoms with van der Waals surface area (Å²) in [4.78, 5) is 26.3. The van der Waals surface area contributed by atoms with Crippen LogP contribution in [0.15, 0.2) is 18.2 Å². The van der Waals surface area contributed by atoms with Gasteiger partial charge in [0, 0.05) is 24.7 Å². The van der Waals surface area contributed by atoms with Crippen molar-refractivity contribution in [2.24, 2.45) is 0 Å². The Kier molecular flexibility index (Phi) is 5.84. The van der Waals surface area contributed by atoms with Crippen LogP contribution in [0.3, 0.4) is 0 Å². The molecule has 0 aromatic heterocycles. The van der Waals surface area contributed by atoms with Gasteiger partial charge >= 0.3 is 6.03 Å². The number of hydrogen-bond donors (Lipinski definition) is 2. The maximum atomic E-state index is 12.5. The molecule has 1 aliphatic heterocycles. The summed E-state index contributed by atoms with van der Waals surface area (Å²) < 4.78 is 5.27. The molecular weight excluding hydrogens is 294 g/mol. The van der Waals surface area contributed by atoms with E-state index in [0.717, 1.165) is 32.4 Å². The van der Waals surface area contributed by atoms with E-state index in [1.54, 1.807) is 18.2 Å². The zero-order valence-electron chi connectivity index (χ0n) is 14.0. The van der Waals surface area contributed by atoms with Gasteiger partial charge in [-0.15, -0.1) is 0 Å². The molecule has 2 N–H and O–H groups in total. The van der Waals surface area contributed by atoms with Gasteiger partial charge in [-0.1, -0.05) is 6.92 Å². The van der Waals surface area contributed by atoms with Crippen LogP contribution in [-0.2, 0) is 0 Å². The third kappa shape index (κ3) is 4.37. The molecule has 0 bridgehead atoms. The molecule has 1 atom stereocenters. The number of urea groups is 1. The molecule has 1 aromatic rings. The van der Waals surface area contributed by atoms with Crippen LogP contribution in [-0.4, -0.2) is 43.1 Å². The fourth-order valence-electron chi connectivity index (χ4n) is 2.53. The molecule has 1 heterocycles. The van der Waals surface area contributed by atoms with Crippen LogP contribution in [0.25, 0.3) is 0 Å². The third-order valence-corrected chi connectivity index (χ3v) is 4.08. The molecule has 6 nitrogen and oxygen atoms in total.